The fraction of sp³-hybridized carbons (Fsp3) is 0.278. The number of rotatable bonds is 4. The largest absolute Gasteiger partial charge is 0.479 e. The summed E-state index contributed by atoms with van der Waals surface area (Å²) in [5.74, 6) is -1.64. The summed E-state index contributed by atoms with van der Waals surface area (Å²) in [6.45, 7) is 3.97. The summed E-state index contributed by atoms with van der Waals surface area (Å²) in [7, 11) is -3.48. The first-order valence-corrected chi connectivity index (χ1v) is 9.87. The first-order valence-electron chi connectivity index (χ1n) is 8.26. The van der Waals surface area contributed by atoms with Gasteiger partial charge in [-0.3, -0.25) is 4.79 Å². The molecule has 0 fully saturated rings. The van der Waals surface area contributed by atoms with Crippen molar-refractivity contribution < 1.29 is 23.1 Å². The van der Waals surface area contributed by atoms with Crippen molar-refractivity contribution in [2.24, 2.45) is 4.40 Å². The van der Waals surface area contributed by atoms with Gasteiger partial charge in [0, 0.05) is 12.7 Å². The van der Waals surface area contributed by atoms with Crippen LogP contribution in [0, 0.1) is 13.8 Å². The van der Waals surface area contributed by atoms with Gasteiger partial charge in [-0.1, -0.05) is 18.2 Å². The summed E-state index contributed by atoms with van der Waals surface area (Å²) in [6.07, 6.45) is 4.32. The number of hydrogen-bond acceptors (Lipinski definition) is 5. The molecule has 0 saturated heterocycles. The molecule has 142 valence electrons. The highest BCUT2D eigenvalue weighted by atomic mass is 32.2. The number of aryl methyl sites for hydroxylation is 2. The molecule has 27 heavy (non-hydrogen) atoms. The van der Waals surface area contributed by atoms with Crippen LogP contribution < -0.4 is 5.32 Å². The Morgan fingerprint density at radius 3 is 2.63 bits per heavy atom. The summed E-state index contributed by atoms with van der Waals surface area (Å²) in [4.78, 5) is 25.8. The molecule has 1 amide bonds. The molecule has 0 aliphatic carbocycles. The fourth-order valence-electron chi connectivity index (χ4n) is 2.78. The molecule has 2 aliphatic rings. The number of carboxylic acid groups (broad SMARTS) is 1. The summed E-state index contributed by atoms with van der Waals surface area (Å²) in [5.41, 5.74) is 2.66. The third kappa shape index (κ3) is 4.08. The molecule has 2 aliphatic heterocycles. The third-order valence-electron chi connectivity index (χ3n) is 4.47. The Balaban J connectivity index is 1.81. The highest BCUT2D eigenvalue weighted by Gasteiger charge is 2.27. The number of nitrogens with one attached hydrogen (secondary N) is 1. The van der Waals surface area contributed by atoms with Crippen LogP contribution in [0.4, 0.5) is 0 Å². The van der Waals surface area contributed by atoms with Crippen LogP contribution in [0.1, 0.15) is 22.7 Å². The number of carboxylic acids is 1. The molecule has 0 saturated carbocycles. The maximum atomic E-state index is 12.6. The summed E-state index contributed by atoms with van der Waals surface area (Å²) in [6, 6.07) is 4.03. The van der Waals surface area contributed by atoms with Crippen molar-refractivity contribution >= 4 is 27.7 Å². The number of hydrogen-bond donors (Lipinski definition) is 2. The molecule has 0 spiro atoms. The maximum absolute atomic E-state index is 12.6. The van der Waals surface area contributed by atoms with Gasteiger partial charge in [0.2, 0.25) is 0 Å². The number of carbonyl (C=O) groups is 2. The van der Waals surface area contributed by atoms with Crippen LogP contribution in [0.25, 0.3) is 0 Å². The van der Waals surface area contributed by atoms with Crippen molar-refractivity contribution in [3.8, 4) is 0 Å². The molecular formula is C18H19N3O5S. The number of nitrogens with zero attached hydrogens (tertiary/aromatic N) is 2. The number of amidine groups is 1. The van der Waals surface area contributed by atoms with Gasteiger partial charge >= 0.3 is 5.97 Å². The molecule has 1 aromatic rings. The van der Waals surface area contributed by atoms with Gasteiger partial charge in [0.1, 0.15) is 5.84 Å². The summed E-state index contributed by atoms with van der Waals surface area (Å²) in [5, 5.41) is 12.0. The lowest BCUT2D eigenvalue weighted by molar-refractivity contribution is -0.141. The smallest absolute Gasteiger partial charge is 0.330 e. The van der Waals surface area contributed by atoms with Crippen LogP contribution in [0.15, 0.2) is 46.5 Å². The average Bonchev–Trinajstić information content (AvgIpc) is 2.60. The summed E-state index contributed by atoms with van der Waals surface area (Å²) >= 11 is 0. The van der Waals surface area contributed by atoms with Gasteiger partial charge in [0.25, 0.3) is 15.9 Å². The molecule has 1 atom stereocenters. The normalized spacial score (nSPS) is 18.8. The second-order valence-corrected chi connectivity index (χ2v) is 8.19. The van der Waals surface area contributed by atoms with Crippen molar-refractivity contribution in [1.82, 2.24) is 10.2 Å². The summed E-state index contributed by atoms with van der Waals surface area (Å²) < 4.78 is 26.7. The number of sulfonamides is 1. The first kappa shape index (κ1) is 18.8. The maximum Gasteiger partial charge on any atom is 0.330 e. The molecule has 0 radical (unpaired) electrons. The lowest BCUT2D eigenvalue weighted by Crippen LogP contribution is -2.39. The van der Waals surface area contributed by atoms with Gasteiger partial charge < -0.3 is 15.3 Å². The molecule has 2 heterocycles. The van der Waals surface area contributed by atoms with Crippen molar-refractivity contribution in [2.45, 2.75) is 19.9 Å². The van der Waals surface area contributed by atoms with Crippen LogP contribution in [0.3, 0.4) is 0 Å². The van der Waals surface area contributed by atoms with E-state index >= 15 is 0 Å². The quantitative estimate of drug-likeness (QED) is 0.795. The predicted molar refractivity (Wildman–Crippen MR) is 99.6 cm³/mol. The second-order valence-electron chi connectivity index (χ2n) is 6.44. The molecule has 1 aromatic carbocycles. The minimum Gasteiger partial charge on any atom is -0.479 e. The van der Waals surface area contributed by atoms with Crippen LogP contribution in [-0.4, -0.2) is 48.4 Å². The van der Waals surface area contributed by atoms with Crippen LogP contribution in [-0.2, 0) is 19.6 Å². The van der Waals surface area contributed by atoms with E-state index in [-0.39, 0.29) is 23.7 Å². The second kappa shape index (κ2) is 6.99. The van der Waals surface area contributed by atoms with Crippen LogP contribution in [0.5, 0.6) is 0 Å². The molecule has 8 nitrogen and oxygen atoms in total. The first-order chi connectivity index (χ1) is 12.7. The zero-order valence-electron chi connectivity index (χ0n) is 14.8. The van der Waals surface area contributed by atoms with E-state index in [4.69, 9.17) is 0 Å². The van der Waals surface area contributed by atoms with Crippen LogP contribution >= 0.6 is 0 Å². The Morgan fingerprint density at radius 2 is 1.96 bits per heavy atom. The van der Waals surface area contributed by atoms with E-state index < -0.39 is 27.9 Å². The number of benzene rings is 1. The van der Waals surface area contributed by atoms with Gasteiger partial charge in [0.15, 0.2) is 6.04 Å². The van der Waals surface area contributed by atoms with E-state index in [0.29, 0.717) is 5.56 Å². The Bertz CT molecular complexity index is 1010. The van der Waals surface area contributed by atoms with E-state index in [1.54, 1.807) is 17.0 Å². The zero-order valence-corrected chi connectivity index (χ0v) is 15.7. The standard InChI is InChI=1S/C18H19N3O5S/c1-11-3-4-13(9-12(11)2)16(18(23)24)19-17(22)14-5-6-15-20-27(25,26)8-7-21(15)10-14/h3-6,9-10,16H,7-8H2,1-2H3,(H,19,22)(H,23,24). The SMILES string of the molecule is Cc1ccc(C(NC(=O)C2=CN3CCS(=O)(=O)N=C3C=C2)C(=O)O)cc1C. The van der Waals surface area contributed by atoms with E-state index in [1.165, 1.54) is 18.4 Å². The number of amides is 1. The molecule has 0 aromatic heterocycles. The van der Waals surface area contributed by atoms with Gasteiger partial charge in [0.05, 0.1) is 11.3 Å². The van der Waals surface area contributed by atoms with Gasteiger partial charge in [-0.25, -0.2) is 13.2 Å². The molecule has 2 N–H and O–H groups in total. The molecule has 0 bridgehead atoms. The third-order valence-corrected chi connectivity index (χ3v) is 5.64. The number of fused-ring (bicyclic) bond motifs is 1. The van der Waals surface area contributed by atoms with Crippen molar-refractivity contribution in [2.75, 3.05) is 12.3 Å². The molecule has 9 heteroatoms. The molecule has 3 rings (SSSR count). The van der Waals surface area contributed by atoms with Gasteiger partial charge in [-0.05, 0) is 42.7 Å². The fourth-order valence-corrected chi connectivity index (χ4v) is 3.75. The predicted octanol–water partition coefficient (Wildman–Crippen LogP) is 1.04. The lowest BCUT2D eigenvalue weighted by atomic mass is 10.0. The van der Waals surface area contributed by atoms with Gasteiger partial charge in [-0.2, -0.15) is 0 Å². The Kier molecular flexibility index (Phi) is 4.88. The Labute approximate surface area is 157 Å². The number of aliphatic carboxylic acids is 1. The Hall–Kier alpha value is -2.94. The molecular weight excluding hydrogens is 370 g/mol. The highest BCUT2D eigenvalue weighted by Crippen LogP contribution is 2.20. The topological polar surface area (TPSA) is 116 Å². The van der Waals surface area contributed by atoms with Gasteiger partial charge in [-0.15, -0.1) is 4.40 Å². The zero-order chi connectivity index (χ0) is 19.8. The lowest BCUT2D eigenvalue weighted by Gasteiger charge is -2.27. The van der Waals surface area contributed by atoms with Crippen LogP contribution in [0.2, 0.25) is 0 Å². The van der Waals surface area contributed by atoms with Crippen molar-refractivity contribution in [3.05, 3.63) is 58.8 Å². The minimum absolute atomic E-state index is 0.143. The minimum atomic E-state index is -3.48. The Morgan fingerprint density at radius 1 is 1.22 bits per heavy atom. The van der Waals surface area contributed by atoms with E-state index in [0.717, 1.165) is 11.1 Å². The van der Waals surface area contributed by atoms with E-state index in [1.807, 2.05) is 19.9 Å². The van der Waals surface area contributed by atoms with Crippen molar-refractivity contribution in [3.63, 3.8) is 0 Å². The average molecular weight is 389 g/mol. The molecule has 1 unspecified atom stereocenters. The highest BCUT2D eigenvalue weighted by molar-refractivity contribution is 7.90. The monoisotopic (exact) mass is 389 g/mol. The van der Waals surface area contributed by atoms with E-state index in [2.05, 4.69) is 9.71 Å². The van der Waals surface area contributed by atoms with E-state index in [9.17, 15) is 23.1 Å². The van der Waals surface area contributed by atoms with Crippen molar-refractivity contribution in [1.29, 1.82) is 0 Å². The number of carbonyl (C=O) groups excluding carboxylic acids is 1.